The van der Waals surface area contributed by atoms with Crippen LogP contribution in [-0.4, -0.2) is 29.1 Å². The molecule has 1 aliphatic rings. The lowest BCUT2D eigenvalue weighted by molar-refractivity contribution is -0.129. The van der Waals surface area contributed by atoms with Crippen LogP contribution < -0.4 is 11.5 Å². The second kappa shape index (κ2) is 6.10. The topological polar surface area (TPSA) is 89.3 Å². The van der Waals surface area contributed by atoms with Crippen molar-refractivity contribution >= 4 is 5.91 Å². The van der Waals surface area contributed by atoms with E-state index in [-0.39, 0.29) is 25.2 Å². The number of halogens is 2. The normalized spacial score (nSPS) is 22.4. The Hall–Kier alpha value is -0.750. The molecule has 2 atom stereocenters. The van der Waals surface area contributed by atoms with E-state index in [0.717, 1.165) is 0 Å². The predicted molar refractivity (Wildman–Crippen MR) is 56.8 cm³/mol. The Balaban J connectivity index is 0.00000106. The molecule has 4 nitrogen and oxygen atoms in total. The Bertz CT molecular complexity index is 229. The fourth-order valence-corrected chi connectivity index (χ4v) is 1.68. The van der Waals surface area contributed by atoms with Crippen LogP contribution in [0.3, 0.4) is 0 Å². The number of aliphatic hydroxyl groups is 1. The van der Waals surface area contributed by atoms with Crippen molar-refractivity contribution in [3.8, 4) is 0 Å². The molecule has 1 aliphatic carbocycles. The van der Waals surface area contributed by atoms with Crippen LogP contribution in [-0.2, 0) is 4.79 Å². The van der Waals surface area contributed by atoms with Crippen LogP contribution in [0.4, 0.5) is 8.78 Å². The van der Waals surface area contributed by atoms with Crippen LogP contribution in [0, 0.1) is 5.92 Å². The molecule has 0 spiro atoms. The first kappa shape index (κ1) is 15.2. The fourth-order valence-electron chi connectivity index (χ4n) is 1.68. The van der Waals surface area contributed by atoms with E-state index in [9.17, 15) is 13.6 Å². The summed E-state index contributed by atoms with van der Waals surface area (Å²) >= 11 is 0. The zero-order chi connectivity index (χ0) is 12.9. The van der Waals surface area contributed by atoms with Gasteiger partial charge in [0.1, 0.15) is 6.10 Å². The van der Waals surface area contributed by atoms with Crippen molar-refractivity contribution < 1.29 is 18.7 Å². The van der Waals surface area contributed by atoms with Gasteiger partial charge in [0.2, 0.25) is 11.8 Å². The van der Waals surface area contributed by atoms with Crippen molar-refractivity contribution in [1.29, 1.82) is 0 Å². The maximum atomic E-state index is 12.4. The average Bonchev–Trinajstić information content (AvgIpc) is 2.16. The van der Waals surface area contributed by atoms with Gasteiger partial charge in [-0.15, -0.1) is 0 Å². The molecule has 0 aromatic rings. The number of carbonyl (C=O) groups is 1. The first-order valence-electron chi connectivity index (χ1n) is 5.42. The Morgan fingerprint density at radius 3 is 2.25 bits per heavy atom. The van der Waals surface area contributed by atoms with Crippen molar-refractivity contribution in [1.82, 2.24) is 0 Å². The van der Waals surface area contributed by atoms with E-state index >= 15 is 0 Å². The maximum Gasteiger partial charge on any atom is 0.248 e. The third-order valence-electron chi connectivity index (χ3n) is 2.48. The summed E-state index contributed by atoms with van der Waals surface area (Å²) < 4.78 is 24.8. The third kappa shape index (κ3) is 4.40. The summed E-state index contributed by atoms with van der Waals surface area (Å²) in [6.07, 6.45) is -1.66. The van der Waals surface area contributed by atoms with E-state index in [1.54, 1.807) is 0 Å². The molecule has 16 heavy (non-hydrogen) atoms. The lowest BCUT2D eigenvalue weighted by Gasteiger charge is -2.36. The van der Waals surface area contributed by atoms with Crippen molar-refractivity contribution in [2.75, 3.05) is 0 Å². The molecule has 96 valence electrons. The average molecular weight is 238 g/mol. The van der Waals surface area contributed by atoms with Gasteiger partial charge in [0.25, 0.3) is 0 Å². The molecule has 1 rings (SSSR count). The SMILES string of the molecule is CC.NC(=O)C(O)C(N)CC1CC(F)(F)C1. The molecule has 0 bridgehead atoms. The number of hydrogen-bond acceptors (Lipinski definition) is 3. The number of amides is 1. The van der Waals surface area contributed by atoms with E-state index in [2.05, 4.69) is 0 Å². The lowest BCUT2D eigenvalue weighted by Crippen LogP contribution is -2.47. The Morgan fingerprint density at radius 1 is 1.50 bits per heavy atom. The largest absolute Gasteiger partial charge is 0.382 e. The number of hydrogen-bond donors (Lipinski definition) is 3. The second-order valence-electron chi connectivity index (χ2n) is 3.88. The van der Waals surface area contributed by atoms with Crippen molar-refractivity contribution in [3.63, 3.8) is 0 Å². The highest BCUT2D eigenvalue weighted by Crippen LogP contribution is 2.44. The number of primary amides is 1. The van der Waals surface area contributed by atoms with Gasteiger partial charge in [-0.05, 0) is 12.3 Å². The van der Waals surface area contributed by atoms with E-state index in [4.69, 9.17) is 16.6 Å². The van der Waals surface area contributed by atoms with Crippen LogP contribution in [0.5, 0.6) is 0 Å². The van der Waals surface area contributed by atoms with Gasteiger partial charge in [-0.1, -0.05) is 13.8 Å². The van der Waals surface area contributed by atoms with Crippen molar-refractivity contribution in [3.05, 3.63) is 0 Å². The monoisotopic (exact) mass is 238 g/mol. The first-order chi connectivity index (χ1) is 7.32. The zero-order valence-electron chi connectivity index (χ0n) is 9.62. The maximum absolute atomic E-state index is 12.4. The quantitative estimate of drug-likeness (QED) is 0.670. The van der Waals surface area contributed by atoms with E-state index in [0.29, 0.717) is 0 Å². The second-order valence-corrected chi connectivity index (χ2v) is 3.88. The van der Waals surface area contributed by atoms with Gasteiger partial charge < -0.3 is 16.6 Å². The molecule has 1 amide bonds. The lowest BCUT2D eigenvalue weighted by atomic mass is 9.77. The van der Waals surface area contributed by atoms with Gasteiger partial charge in [-0.2, -0.15) is 0 Å². The molecule has 0 heterocycles. The molecule has 1 saturated carbocycles. The summed E-state index contributed by atoms with van der Waals surface area (Å²) in [5, 5.41) is 9.11. The summed E-state index contributed by atoms with van der Waals surface area (Å²) in [5.74, 6) is -3.72. The summed E-state index contributed by atoms with van der Waals surface area (Å²) in [5.41, 5.74) is 10.2. The van der Waals surface area contributed by atoms with Gasteiger partial charge in [0.05, 0.1) is 0 Å². The van der Waals surface area contributed by atoms with Crippen LogP contribution in [0.2, 0.25) is 0 Å². The predicted octanol–water partition coefficient (Wildman–Crippen LogP) is 0.621. The van der Waals surface area contributed by atoms with Gasteiger partial charge in [-0.25, -0.2) is 8.78 Å². The van der Waals surface area contributed by atoms with Crippen LogP contribution in [0.25, 0.3) is 0 Å². The Morgan fingerprint density at radius 2 is 1.94 bits per heavy atom. The summed E-state index contributed by atoms with van der Waals surface area (Å²) in [6.45, 7) is 4.00. The highest BCUT2D eigenvalue weighted by molar-refractivity contribution is 5.79. The smallest absolute Gasteiger partial charge is 0.248 e. The molecule has 0 aromatic heterocycles. The molecule has 2 unspecified atom stereocenters. The van der Waals surface area contributed by atoms with Crippen molar-refractivity contribution in [2.24, 2.45) is 17.4 Å². The number of alkyl halides is 2. The van der Waals surface area contributed by atoms with Gasteiger partial charge in [0, 0.05) is 18.9 Å². The third-order valence-corrected chi connectivity index (χ3v) is 2.48. The molecule has 6 heteroatoms. The van der Waals surface area contributed by atoms with Gasteiger partial charge in [-0.3, -0.25) is 4.79 Å². The standard InChI is InChI=1S/C8H14F2N2O2.C2H6/c9-8(10)2-4(3-8)1-5(11)6(13)7(12)14;1-2/h4-6,13H,1-3,11H2,(H2,12,14);1-2H3. The summed E-state index contributed by atoms with van der Waals surface area (Å²) in [6, 6.07) is -0.839. The zero-order valence-corrected chi connectivity index (χ0v) is 9.62. The molecule has 1 fully saturated rings. The number of aliphatic hydroxyl groups excluding tert-OH is 1. The number of carbonyl (C=O) groups excluding carboxylic acids is 1. The Labute approximate surface area is 94.0 Å². The van der Waals surface area contributed by atoms with Gasteiger partial charge in [0.15, 0.2) is 0 Å². The highest BCUT2D eigenvalue weighted by Gasteiger charge is 2.46. The number of rotatable bonds is 4. The Kier molecular flexibility index (Phi) is 5.81. The summed E-state index contributed by atoms with van der Waals surface area (Å²) in [4.78, 5) is 10.5. The number of nitrogens with two attached hydrogens (primary N) is 2. The molecule has 0 aliphatic heterocycles. The van der Waals surface area contributed by atoms with E-state index in [1.165, 1.54) is 0 Å². The highest BCUT2D eigenvalue weighted by atomic mass is 19.3. The molecule has 0 radical (unpaired) electrons. The fraction of sp³-hybridized carbons (Fsp3) is 0.900. The van der Waals surface area contributed by atoms with Gasteiger partial charge >= 0.3 is 0 Å². The minimum absolute atomic E-state index is 0.208. The first-order valence-corrected chi connectivity index (χ1v) is 5.42. The molecular formula is C10H20F2N2O2. The van der Waals surface area contributed by atoms with Crippen molar-refractivity contribution in [2.45, 2.75) is 51.2 Å². The molecule has 5 N–H and O–H groups in total. The van der Waals surface area contributed by atoms with Crippen LogP contribution >= 0.6 is 0 Å². The summed E-state index contributed by atoms with van der Waals surface area (Å²) in [7, 11) is 0. The minimum atomic E-state index is -2.60. The van der Waals surface area contributed by atoms with Crippen LogP contribution in [0.1, 0.15) is 33.1 Å². The molecule has 0 saturated heterocycles. The van der Waals surface area contributed by atoms with E-state index < -0.39 is 24.0 Å². The molecular weight excluding hydrogens is 218 g/mol. The molecule has 0 aromatic carbocycles. The van der Waals surface area contributed by atoms with Crippen LogP contribution in [0.15, 0.2) is 0 Å². The minimum Gasteiger partial charge on any atom is -0.382 e. The van der Waals surface area contributed by atoms with E-state index in [1.807, 2.05) is 13.8 Å².